The number of nitrogens with one attached hydrogen (secondary N) is 2. The van der Waals surface area contributed by atoms with Gasteiger partial charge in [-0.15, -0.1) is 0 Å². The van der Waals surface area contributed by atoms with Crippen molar-refractivity contribution < 1.29 is 9.53 Å². The summed E-state index contributed by atoms with van der Waals surface area (Å²) in [6.07, 6.45) is 1.98. The van der Waals surface area contributed by atoms with E-state index in [1.165, 1.54) is 0 Å². The number of hydrogen-bond donors (Lipinski definition) is 2. The summed E-state index contributed by atoms with van der Waals surface area (Å²) in [5, 5.41) is 2.72. The maximum atomic E-state index is 11.7. The minimum absolute atomic E-state index is 0.459. The van der Waals surface area contributed by atoms with Crippen LogP contribution >= 0.6 is 0 Å². The average molecular weight is 307 g/mol. The first-order valence-electron chi connectivity index (χ1n) is 7.41. The van der Waals surface area contributed by atoms with Gasteiger partial charge in [-0.05, 0) is 12.1 Å². The zero-order chi connectivity index (χ0) is 15.9. The van der Waals surface area contributed by atoms with Gasteiger partial charge in [-0.2, -0.15) is 0 Å². The quantitative estimate of drug-likeness (QED) is 0.759. The molecule has 0 atom stereocenters. The van der Waals surface area contributed by atoms with Crippen molar-refractivity contribution in [2.45, 2.75) is 6.42 Å². The largest absolute Gasteiger partial charge is 0.412 e. The van der Waals surface area contributed by atoms with E-state index in [9.17, 15) is 4.79 Å². The van der Waals surface area contributed by atoms with E-state index in [0.717, 1.165) is 17.1 Å². The molecule has 0 aliphatic rings. The van der Waals surface area contributed by atoms with E-state index >= 15 is 0 Å². The summed E-state index contributed by atoms with van der Waals surface area (Å²) in [5.41, 5.74) is 2.00. The highest BCUT2D eigenvalue weighted by atomic mass is 16.5. The molecule has 0 unspecified atom stereocenters. The first kappa shape index (κ1) is 14.8. The van der Waals surface area contributed by atoms with E-state index in [4.69, 9.17) is 4.74 Å². The number of carbonyl (C=O) groups is 1. The van der Waals surface area contributed by atoms with E-state index < -0.39 is 6.09 Å². The lowest BCUT2D eigenvalue weighted by atomic mass is 10.2. The molecule has 5 heteroatoms. The normalized spacial score (nSPS) is 10.3. The van der Waals surface area contributed by atoms with Crippen LogP contribution in [0.4, 0.5) is 4.79 Å². The summed E-state index contributed by atoms with van der Waals surface area (Å²) in [4.78, 5) is 19.3. The molecule has 23 heavy (non-hydrogen) atoms. The maximum Gasteiger partial charge on any atom is 0.412 e. The minimum atomic E-state index is -0.459. The Morgan fingerprint density at radius 2 is 1.74 bits per heavy atom. The van der Waals surface area contributed by atoms with Gasteiger partial charge in [0.1, 0.15) is 11.6 Å². The maximum absolute atomic E-state index is 11.7. The molecule has 0 aliphatic carbocycles. The number of aromatic nitrogens is 2. The smallest absolute Gasteiger partial charge is 0.410 e. The number of para-hydroxylation sites is 1. The molecule has 0 bridgehead atoms. The van der Waals surface area contributed by atoms with E-state index in [-0.39, 0.29) is 0 Å². The summed E-state index contributed by atoms with van der Waals surface area (Å²) in [7, 11) is 0. The second-order valence-electron chi connectivity index (χ2n) is 5.00. The molecule has 2 N–H and O–H groups in total. The number of amides is 1. The molecule has 3 rings (SSSR count). The Morgan fingerprint density at radius 3 is 2.48 bits per heavy atom. The van der Waals surface area contributed by atoms with Gasteiger partial charge in [0.05, 0.1) is 0 Å². The first-order valence-corrected chi connectivity index (χ1v) is 7.41. The van der Waals surface area contributed by atoms with Gasteiger partial charge in [0, 0.05) is 30.4 Å². The highest BCUT2D eigenvalue weighted by molar-refractivity contribution is 5.70. The molecule has 0 aliphatic heterocycles. The van der Waals surface area contributed by atoms with Crippen LogP contribution in [0.15, 0.2) is 66.9 Å². The van der Waals surface area contributed by atoms with Gasteiger partial charge < -0.3 is 15.0 Å². The first-order chi connectivity index (χ1) is 11.3. The van der Waals surface area contributed by atoms with Crippen LogP contribution in [0.1, 0.15) is 5.69 Å². The van der Waals surface area contributed by atoms with Crippen molar-refractivity contribution in [2.75, 3.05) is 6.54 Å². The van der Waals surface area contributed by atoms with Gasteiger partial charge in [-0.25, -0.2) is 9.78 Å². The Bertz CT molecular complexity index is 754. The number of ether oxygens (including phenoxy) is 1. The highest BCUT2D eigenvalue weighted by Gasteiger charge is 2.05. The fraction of sp³-hybridized carbons (Fsp3) is 0.111. The molecule has 0 spiro atoms. The van der Waals surface area contributed by atoms with Gasteiger partial charge >= 0.3 is 6.09 Å². The lowest BCUT2D eigenvalue weighted by Gasteiger charge is -2.05. The van der Waals surface area contributed by atoms with Gasteiger partial charge in [-0.1, -0.05) is 48.5 Å². The standard InChI is InChI=1S/C18H17N3O2/c22-18(23-16-9-5-2-6-10-16)19-12-11-15-13-20-17(21-15)14-7-3-1-4-8-14/h1-10,13H,11-12H2,(H,19,22)(H,20,21). The third-order valence-corrected chi connectivity index (χ3v) is 3.29. The Labute approximate surface area is 134 Å². The van der Waals surface area contributed by atoms with Gasteiger partial charge in [0.25, 0.3) is 0 Å². The SMILES string of the molecule is O=C(NCCc1cnc(-c2ccccc2)[nH]1)Oc1ccccc1. The molecule has 0 radical (unpaired) electrons. The molecule has 0 saturated heterocycles. The number of imidazole rings is 1. The highest BCUT2D eigenvalue weighted by Crippen LogP contribution is 2.14. The number of hydrogen-bond acceptors (Lipinski definition) is 3. The summed E-state index contributed by atoms with van der Waals surface area (Å²) in [6, 6.07) is 18.9. The Kier molecular flexibility index (Phi) is 4.69. The third-order valence-electron chi connectivity index (χ3n) is 3.29. The molecule has 2 aromatic carbocycles. The number of benzene rings is 2. The van der Waals surface area contributed by atoms with Crippen LogP contribution in [-0.2, 0) is 6.42 Å². The molecular formula is C18H17N3O2. The van der Waals surface area contributed by atoms with Gasteiger partial charge in [0.2, 0.25) is 0 Å². The molecule has 0 fully saturated rings. The second kappa shape index (κ2) is 7.26. The Morgan fingerprint density at radius 1 is 1.04 bits per heavy atom. The predicted octanol–water partition coefficient (Wildman–Crippen LogP) is 3.41. The van der Waals surface area contributed by atoms with E-state index in [2.05, 4.69) is 15.3 Å². The topological polar surface area (TPSA) is 67.0 Å². The molecule has 116 valence electrons. The zero-order valence-corrected chi connectivity index (χ0v) is 12.5. The molecule has 0 saturated carbocycles. The van der Waals surface area contributed by atoms with Crippen LogP contribution in [0.25, 0.3) is 11.4 Å². The molecule has 1 aromatic heterocycles. The van der Waals surface area contributed by atoms with Crippen LogP contribution in [-0.4, -0.2) is 22.6 Å². The van der Waals surface area contributed by atoms with E-state index in [1.54, 1.807) is 18.3 Å². The number of aromatic amines is 1. The van der Waals surface area contributed by atoms with Crippen molar-refractivity contribution in [2.24, 2.45) is 0 Å². The van der Waals surface area contributed by atoms with Crippen LogP contribution in [0.2, 0.25) is 0 Å². The summed E-state index contributed by atoms with van der Waals surface area (Å²) in [6.45, 7) is 0.474. The Hall–Kier alpha value is -3.08. The molecule has 3 aromatic rings. The van der Waals surface area contributed by atoms with Crippen molar-refractivity contribution in [1.82, 2.24) is 15.3 Å². The monoisotopic (exact) mass is 307 g/mol. The fourth-order valence-corrected chi connectivity index (χ4v) is 2.16. The predicted molar refractivity (Wildman–Crippen MR) is 88.2 cm³/mol. The van der Waals surface area contributed by atoms with E-state index in [1.807, 2.05) is 48.5 Å². The van der Waals surface area contributed by atoms with Crippen LogP contribution in [0.3, 0.4) is 0 Å². The van der Waals surface area contributed by atoms with Gasteiger partial charge in [0.15, 0.2) is 0 Å². The number of H-pyrrole nitrogens is 1. The van der Waals surface area contributed by atoms with Crippen molar-refractivity contribution in [3.63, 3.8) is 0 Å². The fourth-order valence-electron chi connectivity index (χ4n) is 2.16. The van der Waals surface area contributed by atoms with E-state index in [0.29, 0.717) is 18.7 Å². The molecule has 5 nitrogen and oxygen atoms in total. The van der Waals surface area contributed by atoms with Gasteiger partial charge in [-0.3, -0.25) is 0 Å². The average Bonchev–Trinajstić information content (AvgIpc) is 3.05. The lowest BCUT2D eigenvalue weighted by Crippen LogP contribution is -2.28. The van der Waals surface area contributed by atoms with Crippen molar-refractivity contribution >= 4 is 6.09 Å². The molecule has 1 amide bonds. The summed E-state index contributed by atoms with van der Waals surface area (Å²) >= 11 is 0. The molecule has 1 heterocycles. The van der Waals surface area contributed by atoms with Crippen molar-refractivity contribution in [3.05, 3.63) is 72.6 Å². The zero-order valence-electron chi connectivity index (χ0n) is 12.5. The van der Waals surface area contributed by atoms with Crippen LogP contribution in [0, 0.1) is 0 Å². The van der Waals surface area contributed by atoms with Crippen LogP contribution in [0.5, 0.6) is 5.75 Å². The Balaban J connectivity index is 1.48. The van der Waals surface area contributed by atoms with Crippen molar-refractivity contribution in [3.8, 4) is 17.1 Å². The summed E-state index contributed by atoms with van der Waals surface area (Å²) in [5.74, 6) is 1.35. The molecular weight excluding hydrogens is 290 g/mol. The summed E-state index contributed by atoms with van der Waals surface area (Å²) < 4.78 is 5.15. The minimum Gasteiger partial charge on any atom is -0.410 e. The number of nitrogens with zero attached hydrogens (tertiary/aromatic N) is 1. The number of rotatable bonds is 5. The van der Waals surface area contributed by atoms with Crippen LogP contribution < -0.4 is 10.1 Å². The second-order valence-corrected chi connectivity index (χ2v) is 5.00. The third kappa shape index (κ3) is 4.20. The lowest BCUT2D eigenvalue weighted by molar-refractivity contribution is 0.200. The van der Waals surface area contributed by atoms with Crippen molar-refractivity contribution in [1.29, 1.82) is 0 Å². The number of carbonyl (C=O) groups excluding carboxylic acids is 1.